The van der Waals surface area contributed by atoms with Gasteiger partial charge < -0.3 is 4.74 Å². The third-order valence-corrected chi connectivity index (χ3v) is 2.47. The van der Waals surface area contributed by atoms with Crippen LogP contribution in [-0.2, 0) is 16.4 Å². The molecular weight excluding hydrogens is 178 g/mol. The van der Waals surface area contributed by atoms with Crippen molar-refractivity contribution in [3.8, 4) is 5.75 Å². The molecule has 14 heavy (non-hydrogen) atoms. The summed E-state index contributed by atoms with van der Waals surface area (Å²) in [6.07, 6.45) is 0. The molecule has 1 aliphatic rings. The second-order valence-electron chi connectivity index (χ2n) is 3.50. The fraction of sp³-hybridized carbons (Fsp3) is 0.455. The monoisotopic (exact) mass is 192 g/mol. The van der Waals surface area contributed by atoms with E-state index in [0.29, 0.717) is 0 Å². The van der Waals surface area contributed by atoms with E-state index in [1.807, 2.05) is 12.1 Å². The van der Waals surface area contributed by atoms with Crippen LogP contribution in [0.25, 0.3) is 0 Å². The Balaban J connectivity index is 1.99. The minimum absolute atomic E-state index is 0.138. The summed E-state index contributed by atoms with van der Waals surface area (Å²) in [5.74, 6) is 0.138. The smallest absolute Gasteiger partial charge is 0.183 e. The van der Waals surface area contributed by atoms with Crippen LogP contribution in [0.5, 0.6) is 5.75 Å². The van der Waals surface area contributed by atoms with E-state index in [9.17, 15) is 5.11 Å². The summed E-state index contributed by atoms with van der Waals surface area (Å²) >= 11 is 0. The van der Waals surface area contributed by atoms with Crippen molar-refractivity contribution in [1.82, 2.24) is 4.90 Å². The normalized spacial score (nSPS) is 18.3. The second-order valence-corrected chi connectivity index (χ2v) is 3.50. The molecule has 0 N–H and O–H groups in total. The summed E-state index contributed by atoms with van der Waals surface area (Å²) in [7, 11) is 0. The van der Waals surface area contributed by atoms with Gasteiger partial charge in [-0.05, 0) is 6.07 Å². The van der Waals surface area contributed by atoms with Crippen LogP contribution >= 0.6 is 0 Å². The van der Waals surface area contributed by atoms with Crippen LogP contribution in [0.1, 0.15) is 5.56 Å². The van der Waals surface area contributed by atoms with Crippen LogP contribution in [0.3, 0.4) is 0 Å². The quantitative estimate of drug-likeness (QED) is 0.713. The molecule has 0 bridgehead atoms. The molecule has 1 saturated heterocycles. The maximum Gasteiger partial charge on any atom is 0.183 e. The predicted octanol–water partition coefficient (Wildman–Crippen LogP) is 1.66. The van der Waals surface area contributed by atoms with E-state index in [4.69, 9.17) is 4.74 Å². The van der Waals surface area contributed by atoms with Gasteiger partial charge in [-0.3, -0.25) is 10.0 Å². The van der Waals surface area contributed by atoms with E-state index in [-0.39, 0.29) is 5.75 Å². The average Bonchev–Trinajstić information content (AvgIpc) is 2.23. The van der Waals surface area contributed by atoms with Gasteiger partial charge in [-0.1, -0.05) is 18.2 Å². The molecule has 2 rings (SSSR count). The van der Waals surface area contributed by atoms with Crippen molar-refractivity contribution in [3.05, 3.63) is 29.8 Å². The number of benzene rings is 1. The molecule has 3 nitrogen and oxygen atoms in total. The highest BCUT2D eigenvalue weighted by atomic mass is 16.5. The van der Waals surface area contributed by atoms with Gasteiger partial charge in [-0.2, -0.15) is 0 Å². The van der Waals surface area contributed by atoms with Gasteiger partial charge in [0.05, 0.1) is 13.2 Å². The second kappa shape index (κ2) is 4.44. The molecule has 1 heterocycles. The molecule has 0 saturated carbocycles. The van der Waals surface area contributed by atoms with Crippen LogP contribution in [-0.4, -0.2) is 31.2 Å². The lowest BCUT2D eigenvalue weighted by atomic mass is 10.2. The van der Waals surface area contributed by atoms with E-state index in [2.05, 4.69) is 4.90 Å². The summed E-state index contributed by atoms with van der Waals surface area (Å²) in [6.45, 7) is 4.16. The van der Waals surface area contributed by atoms with Gasteiger partial charge in [0.15, 0.2) is 5.75 Å². The zero-order valence-electron chi connectivity index (χ0n) is 8.11. The Hall–Kier alpha value is -1.06. The molecule has 0 spiro atoms. The molecule has 75 valence electrons. The lowest BCUT2D eigenvalue weighted by Gasteiger charge is -2.26. The summed E-state index contributed by atoms with van der Waals surface area (Å²) < 4.78 is 5.25. The van der Waals surface area contributed by atoms with Crippen molar-refractivity contribution >= 4 is 0 Å². The van der Waals surface area contributed by atoms with Gasteiger partial charge in [0.25, 0.3) is 0 Å². The Labute approximate surface area is 83.9 Å². The van der Waals surface area contributed by atoms with Gasteiger partial charge in [0.1, 0.15) is 0 Å². The standard InChI is InChI=1S/C11H14NO2/c13-11-4-2-1-3-10(11)9-12-5-7-14-8-6-12/h1-4H,5-9H2. The number of rotatable bonds is 2. The molecule has 0 atom stereocenters. The summed E-state index contributed by atoms with van der Waals surface area (Å²) in [5.41, 5.74) is 0.884. The molecule has 0 unspecified atom stereocenters. The highest BCUT2D eigenvalue weighted by molar-refractivity contribution is 5.31. The average molecular weight is 192 g/mol. The first-order valence-electron chi connectivity index (χ1n) is 4.91. The lowest BCUT2D eigenvalue weighted by Crippen LogP contribution is -2.35. The summed E-state index contributed by atoms with van der Waals surface area (Å²) in [6, 6.07) is 7.22. The van der Waals surface area contributed by atoms with Crippen LogP contribution in [0.15, 0.2) is 24.3 Å². The zero-order chi connectivity index (χ0) is 9.80. The molecule has 1 fully saturated rings. The number of morpholine rings is 1. The molecule has 0 aliphatic carbocycles. The van der Waals surface area contributed by atoms with E-state index in [1.165, 1.54) is 0 Å². The highest BCUT2D eigenvalue weighted by Gasteiger charge is 2.12. The van der Waals surface area contributed by atoms with Crippen molar-refractivity contribution in [2.75, 3.05) is 26.3 Å². The summed E-state index contributed by atoms with van der Waals surface area (Å²) in [5, 5.41) is 11.4. The fourth-order valence-corrected chi connectivity index (χ4v) is 1.63. The van der Waals surface area contributed by atoms with E-state index >= 15 is 0 Å². The number of hydrogen-bond acceptors (Lipinski definition) is 2. The van der Waals surface area contributed by atoms with Crippen LogP contribution < -0.4 is 0 Å². The topological polar surface area (TPSA) is 32.4 Å². The van der Waals surface area contributed by atoms with Crippen molar-refractivity contribution < 1.29 is 9.84 Å². The van der Waals surface area contributed by atoms with Crippen molar-refractivity contribution in [2.45, 2.75) is 6.54 Å². The maximum atomic E-state index is 11.4. The molecule has 0 aromatic heterocycles. The highest BCUT2D eigenvalue weighted by Crippen LogP contribution is 2.18. The van der Waals surface area contributed by atoms with Crippen molar-refractivity contribution in [1.29, 1.82) is 0 Å². The molecule has 1 aromatic rings. The zero-order valence-corrected chi connectivity index (χ0v) is 8.11. The first-order chi connectivity index (χ1) is 6.86. The van der Waals surface area contributed by atoms with E-state index < -0.39 is 0 Å². The molecule has 1 aromatic carbocycles. The van der Waals surface area contributed by atoms with Gasteiger partial charge in [-0.25, -0.2) is 0 Å². The minimum atomic E-state index is 0.138. The Morgan fingerprint density at radius 3 is 2.64 bits per heavy atom. The largest absolute Gasteiger partial charge is 0.379 e. The Morgan fingerprint density at radius 1 is 1.21 bits per heavy atom. The molecule has 0 amide bonds. The number of hydrogen-bond donors (Lipinski definition) is 0. The summed E-state index contributed by atoms with van der Waals surface area (Å²) in [4.78, 5) is 2.25. The first-order valence-corrected chi connectivity index (χ1v) is 4.91. The molecule has 1 aliphatic heterocycles. The molecule has 1 radical (unpaired) electrons. The minimum Gasteiger partial charge on any atom is -0.379 e. The first kappa shape index (κ1) is 9.49. The third-order valence-electron chi connectivity index (χ3n) is 2.47. The predicted molar refractivity (Wildman–Crippen MR) is 52.7 cm³/mol. The van der Waals surface area contributed by atoms with Gasteiger partial charge >= 0.3 is 0 Å². The van der Waals surface area contributed by atoms with Gasteiger partial charge in [0.2, 0.25) is 0 Å². The van der Waals surface area contributed by atoms with Crippen LogP contribution in [0, 0.1) is 0 Å². The molecular formula is C11H14NO2. The lowest BCUT2D eigenvalue weighted by molar-refractivity contribution is 0.0337. The van der Waals surface area contributed by atoms with Crippen molar-refractivity contribution in [3.63, 3.8) is 0 Å². The van der Waals surface area contributed by atoms with E-state index in [1.54, 1.807) is 12.1 Å². The number of nitrogens with zero attached hydrogens (tertiary/aromatic N) is 1. The Bertz CT molecular complexity index is 295. The number of ether oxygens (including phenoxy) is 1. The third kappa shape index (κ3) is 2.25. The Kier molecular flexibility index (Phi) is 3.01. The fourth-order valence-electron chi connectivity index (χ4n) is 1.63. The number of para-hydroxylation sites is 1. The SMILES string of the molecule is [O]c1ccccc1CN1CCOCC1. The van der Waals surface area contributed by atoms with E-state index in [0.717, 1.165) is 38.4 Å². The van der Waals surface area contributed by atoms with Crippen LogP contribution in [0.2, 0.25) is 0 Å². The maximum absolute atomic E-state index is 11.4. The van der Waals surface area contributed by atoms with Crippen LogP contribution in [0.4, 0.5) is 0 Å². The molecule has 3 heteroatoms. The van der Waals surface area contributed by atoms with Crippen molar-refractivity contribution in [2.24, 2.45) is 0 Å². The van der Waals surface area contributed by atoms with Gasteiger partial charge in [0, 0.05) is 25.2 Å². The Morgan fingerprint density at radius 2 is 1.93 bits per heavy atom. The van der Waals surface area contributed by atoms with Gasteiger partial charge in [-0.15, -0.1) is 0 Å².